The topological polar surface area (TPSA) is 122 Å². The molecule has 0 saturated carbocycles. The first-order valence-corrected chi connectivity index (χ1v) is 9.73. The van der Waals surface area contributed by atoms with Gasteiger partial charge in [-0.15, -0.1) is 0 Å². The molecule has 1 aromatic carbocycles. The van der Waals surface area contributed by atoms with Crippen molar-refractivity contribution in [2.75, 3.05) is 20.3 Å². The second-order valence-electron chi connectivity index (χ2n) is 7.36. The van der Waals surface area contributed by atoms with Crippen LogP contribution in [0.5, 0.6) is 0 Å². The highest BCUT2D eigenvalue weighted by molar-refractivity contribution is 6.09. The van der Waals surface area contributed by atoms with Crippen LogP contribution in [0.1, 0.15) is 43.6 Å². The van der Waals surface area contributed by atoms with E-state index in [1.54, 1.807) is 13.3 Å². The molecule has 0 radical (unpaired) electrons. The minimum Gasteiger partial charge on any atom is -0.404 e. The Morgan fingerprint density at radius 3 is 2.57 bits per heavy atom. The quantitative estimate of drug-likeness (QED) is 0.429. The molecule has 0 bridgehead atoms. The van der Waals surface area contributed by atoms with Crippen molar-refractivity contribution in [3.05, 3.63) is 65.7 Å². The van der Waals surface area contributed by atoms with E-state index in [2.05, 4.69) is 42.5 Å². The SMILES string of the molecule is C=C(N)N=C/C(=C\N)c1ccc(C(C)(c2noc(COCCOC)n2)C(C)C)cc1. The molecular formula is C22H31N5O3. The van der Waals surface area contributed by atoms with Gasteiger partial charge in [0.1, 0.15) is 12.4 Å². The Kier molecular flexibility index (Phi) is 8.32. The van der Waals surface area contributed by atoms with Gasteiger partial charge >= 0.3 is 0 Å². The second kappa shape index (κ2) is 10.7. The Balaban J connectivity index is 2.27. The minimum absolute atomic E-state index is 0.217. The molecule has 0 amide bonds. The Morgan fingerprint density at radius 2 is 2.00 bits per heavy atom. The molecule has 2 aromatic rings. The van der Waals surface area contributed by atoms with Crippen molar-refractivity contribution < 1.29 is 14.0 Å². The Morgan fingerprint density at radius 1 is 1.30 bits per heavy atom. The van der Waals surface area contributed by atoms with E-state index < -0.39 is 5.41 Å². The molecule has 8 heteroatoms. The molecule has 1 unspecified atom stereocenters. The van der Waals surface area contributed by atoms with Gasteiger partial charge in [-0.25, -0.2) is 4.99 Å². The number of allylic oxidation sites excluding steroid dienone is 1. The Bertz CT molecular complexity index is 886. The highest BCUT2D eigenvalue weighted by Gasteiger charge is 2.37. The first-order chi connectivity index (χ1) is 14.3. The summed E-state index contributed by atoms with van der Waals surface area (Å²) in [5, 5.41) is 4.23. The maximum atomic E-state index is 5.74. The fraction of sp³-hybridized carbons (Fsp3) is 0.409. The monoisotopic (exact) mass is 413 g/mol. The fourth-order valence-electron chi connectivity index (χ4n) is 2.92. The van der Waals surface area contributed by atoms with E-state index in [0.717, 1.165) is 16.7 Å². The number of rotatable bonds is 11. The number of hydrogen-bond donors (Lipinski definition) is 2. The summed E-state index contributed by atoms with van der Waals surface area (Å²) >= 11 is 0. The first kappa shape index (κ1) is 23.3. The molecule has 1 heterocycles. The average molecular weight is 414 g/mol. The van der Waals surface area contributed by atoms with Crippen molar-refractivity contribution in [2.45, 2.75) is 32.8 Å². The van der Waals surface area contributed by atoms with E-state index >= 15 is 0 Å². The van der Waals surface area contributed by atoms with E-state index in [1.165, 1.54) is 6.20 Å². The normalized spacial score (nSPS) is 14.4. The summed E-state index contributed by atoms with van der Waals surface area (Å²) in [4.78, 5) is 8.60. The molecule has 162 valence electrons. The van der Waals surface area contributed by atoms with E-state index in [0.29, 0.717) is 24.9 Å². The molecule has 0 aliphatic heterocycles. The lowest BCUT2D eigenvalue weighted by molar-refractivity contribution is 0.0494. The third kappa shape index (κ3) is 5.55. The average Bonchev–Trinajstić information content (AvgIpc) is 3.20. The summed E-state index contributed by atoms with van der Waals surface area (Å²) < 4.78 is 15.9. The second-order valence-corrected chi connectivity index (χ2v) is 7.36. The molecule has 0 aliphatic rings. The number of nitrogens with zero attached hydrogens (tertiary/aromatic N) is 3. The van der Waals surface area contributed by atoms with Crippen LogP contribution in [0.2, 0.25) is 0 Å². The van der Waals surface area contributed by atoms with Crippen LogP contribution in [0.4, 0.5) is 0 Å². The van der Waals surface area contributed by atoms with Gasteiger partial charge in [-0.3, -0.25) is 0 Å². The Hall–Kier alpha value is -2.97. The standard InChI is InChI=1S/C22H31N5O3/c1-15(2)22(4,21-26-20(30-27-21)14-29-11-10-28-5)19-8-6-17(7-9-19)18(12-23)13-25-16(3)24/h6-9,12-13,15H,3,10-11,14,23-24H2,1-2,4-5H3/b18-12+,25-13?. The number of ether oxygens (including phenoxy) is 2. The zero-order valence-corrected chi connectivity index (χ0v) is 18.1. The highest BCUT2D eigenvalue weighted by atomic mass is 16.5. The number of aliphatic imine (C=N–C) groups is 1. The van der Waals surface area contributed by atoms with Crippen molar-refractivity contribution in [1.29, 1.82) is 0 Å². The minimum atomic E-state index is -0.445. The van der Waals surface area contributed by atoms with E-state index in [4.69, 9.17) is 25.5 Å². The molecule has 1 aromatic heterocycles. The van der Waals surface area contributed by atoms with Gasteiger partial charge in [0.05, 0.1) is 18.6 Å². The lowest BCUT2D eigenvalue weighted by atomic mass is 9.72. The third-order valence-electron chi connectivity index (χ3n) is 5.11. The van der Waals surface area contributed by atoms with Crippen LogP contribution < -0.4 is 11.5 Å². The van der Waals surface area contributed by atoms with Crippen molar-refractivity contribution >= 4 is 11.8 Å². The van der Waals surface area contributed by atoms with Crippen molar-refractivity contribution in [2.24, 2.45) is 22.4 Å². The summed E-state index contributed by atoms with van der Waals surface area (Å²) in [7, 11) is 1.63. The summed E-state index contributed by atoms with van der Waals surface area (Å²) in [6, 6.07) is 8.04. The molecule has 0 spiro atoms. The smallest absolute Gasteiger partial charge is 0.252 e. The molecule has 30 heavy (non-hydrogen) atoms. The van der Waals surface area contributed by atoms with Crippen LogP contribution in [0.15, 0.2) is 52.4 Å². The van der Waals surface area contributed by atoms with Gasteiger partial charge in [0.25, 0.3) is 5.89 Å². The van der Waals surface area contributed by atoms with Crippen LogP contribution >= 0.6 is 0 Å². The maximum Gasteiger partial charge on any atom is 0.252 e. The largest absolute Gasteiger partial charge is 0.404 e. The first-order valence-electron chi connectivity index (χ1n) is 9.73. The predicted octanol–water partition coefficient (Wildman–Crippen LogP) is 2.99. The van der Waals surface area contributed by atoms with E-state index in [-0.39, 0.29) is 18.3 Å². The van der Waals surface area contributed by atoms with Crippen molar-refractivity contribution in [1.82, 2.24) is 10.1 Å². The van der Waals surface area contributed by atoms with Crippen LogP contribution in [-0.4, -0.2) is 36.7 Å². The fourth-order valence-corrected chi connectivity index (χ4v) is 2.92. The summed E-state index contributed by atoms with van der Waals surface area (Å²) in [6.45, 7) is 11.2. The zero-order valence-electron chi connectivity index (χ0n) is 18.1. The van der Waals surface area contributed by atoms with Gasteiger partial charge in [-0.2, -0.15) is 4.98 Å². The summed E-state index contributed by atoms with van der Waals surface area (Å²) in [6.07, 6.45) is 3.08. The highest BCUT2D eigenvalue weighted by Crippen LogP contribution is 2.37. The number of nitrogens with two attached hydrogens (primary N) is 2. The molecule has 2 rings (SSSR count). The lowest BCUT2D eigenvalue weighted by Gasteiger charge is -2.31. The van der Waals surface area contributed by atoms with Gasteiger partial charge in [-0.1, -0.05) is 49.8 Å². The molecular weight excluding hydrogens is 382 g/mol. The van der Waals surface area contributed by atoms with Crippen LogP contribution in [0.25, 0.3) is 5.57 Å². The van der Waals surface area contributed by atoms with Gasteiger partial charge in [-0.05, 0) is 24.0 Å². The molecule has 1 atom stereocenters. The number of hydrogen-bond acceptors (Lipinski definition) is 8. The van der Waals surface area contributed by atoms with E-state index in [1.807, 2.05) is 24.3 Å². The van der Waals surface area contributed by atoms with Gasteiger partial charge in [0.15, 0.2) is 5.82 Å². The molecule has 0 saturated heterocycles. The number of aromatic nitrogens is 2. The Labute approximate surface area is 177 Å². The van der Waals surface area contributed by atoms with Crippen LogP contribution in [-0.2, 0) is 21.5 Å². The lowest BCUT2D eigenvalue weighted by Crippen LogP contribution is -2.31. The third-order valence-corrected chi connectivity index (χ3v) is 5.11. The molecule has 4 N–H and O–H groups in total. The predicted molar refractivity (Wildman–Crippen MR) is 118 cm³/mol. The zero-order chi connectivity index (χ0) is 22.1. The van der Waals surface area contributed by atoms with Crippen molar-refractivity contribution in [3.63, 3.8) is 0 Å². The molecule has 8 nitrogen and oxygen atoms in total. The molecule has 0 aliphatic carbocycles. The van der Waals surface area contributed by atoms with Crippen molar-refractivity contribution in [3.8, 4) is 0 Å². The van der Waals surface area contributed by atoms with Gasteiger partial charge in [0.2, 0.25) is 0 Å². The summed E-state index contributed by atoms with van der Waals surface area (Å²) in [5.74, 6) is 1.50. The van der Waals surface area contributed by atoms with Gasteiger partial charge < -0.3 is 25.5 Å². The van der Waals surface area contributed by atoms with Gasteiger partial charge in [0, 0.05) is 25.1 Å². The maximum absolute atomic E-state index is 5.74. The van der Waals surface area contributed by atoms with Crippen LogP contribution in [0.3, 0.4) is 0 Å². The van der Waals surface area contributed by atoms with Crippen LogP contribution in [0, 0.1) is 5.92 Å². The number of benzene rings is 1. The molecule has 0 fully saturated rings. The van der Waals surface area contributed by atoms with E-state index in [9.17, 15) is 0 Å². The number of methoxy groups -OCH3 is 1. The summed E-state index contributed by atoms with van der Waals surface area (Å²) in [5.41, 5.74) is 13.5.